The Balaban J connectivity index is 3.12. The van der Waals surface area contributed by atoms with Crippen molar-refractivity contribution in [1.29, 1.82) is 0 Å². The molecule has 0 saturated carbocycles. The molecule has 4 N–H and O–H groups in total. The number of nitrogens with two attached hydrogens (primary N) is 1. The van der Waals surface area contributed by atoms with Crippen LogP contribution in [0.25, 0.3) is 0 Å². The Bertz CT molecular complexity index is 369. The minimum absolute atomic E-state index is 0.121. The lowest BCUT2D eigenvalue weighted by Gasteiger charge is -2.14. The molecule has 0 aromatic heterocycles. The van der Waals surface area contributed by atoms with Crippen LogP contribution in [0.5, 0.6) is 0 Å². The molecular weight excluding hydrogens is 200 g/mol. The third-order valence-corrected chi connectivity index (χ3v) is 2.50. The molecule has 0 heterocycles. The average molecular weight is 224 g/mol. The fourth-order valence-electron chi connectivity index (χ4n) is 1.71. The maximum absolute atomic E-state index is 9.26. The van der Waals surface area contributed by atoms with E-state index in [1.807, 2.05) is 19.1 Å². The summed E-state index contributed by atoms with van der Waals surface area (Å²) in [5.74, 6) is 0. The lowest BCUT2D eigenvalue weighted by Crippen LogP contribution is -2.11. The van der Waals surface area contributed by atoms with E-state index in [1.54, 1.807) is 0 Å². The largest absolute Gasteiger partial charge is 0.392 e. The van der Waals surface area contributed by atoms with Crippen molar-refractivity contribution in [3.63, 3.8) is 0 Å². The zero-order chi connectivity index (χ0) is 12.8. The van der Waals surface area contributed by atoms with Gasteiger partial charge in [-0.1, -0.05) is 19.4 Å². The maximum Gasteiger partial charge on any atom is 0.0682 e. The highest BCUT2D eigenvalue weighted by atomic mass is 16.3. The lowest BCUT2D eigenvalue weighted by molar-refractivity contribution is 0.281. The van der Waals surface area contributed by atoms with Gasteiger partial charge in [-0.3, -0.25) is 0 Å². The zero-order valence-electron chi connectivity index (χ0n) is 11.1. The maximum atomic E-state index is 9.26. The first kappa shape index (κ1) is 11.4. The van der Waals surface area contributed by atoms with E-state index in [2.05, 4.69) is 12.2 Å². The van der Waals surface area contributed by atoms with Gasteiger partial charge in [0.1, 0.15) is 0 Å². The van der Waals surface area contributed by atoms with Gasteiger partial charge in [-0.15, -0.1) is 0 Å². The van der Waals surface area contributed by atoms with Crippen molar-refractivity contribution in [3.05, 3.63) is 29.3 Å². The molecule has 0 amide bonds. The number of anilines is 1. The summed E-state index contributed by atoms with van der Waals surface area (Å²) in [5, 5.41) is 12.5. The number of rotatable bonds is 6. The summed E-state index contributed by atoms with van der Waals surface area (Å²) in [5.41, 5.74) is 8.43. The highest BCUT2D eigenvalue weighted by Gasteiger charge is 2.07. The Kier molecular flexibility index (Phi) is 4.65. The predicted molar refractivity (Wildman–Crippen MR) is 68.4 cm³/mol. The quantitative estimate of drug-likeness (QED) is 0.695. The molecule has 0 saturated heterocycles. The van der Waals surface area contributed by atoms with Crippen molar-refractivity contribution < 1.29 is 6.48 Å². The van der Waals surface area contributed by atoms with Crippen LogP contribution >= 0.6 is 0 Å². The van der Waals surface area contributed by atoms with Crippen LogP contribution in [0, 0.1) is 0 Å². The van der Waals surface area contributed by atoms with Crippen LogP contribution in [0.4, 0.5) is 5.69 Å². The van der Waals surface area contributed by atoms with E-state index in [0.717, 1.165) is 30.6 Å². The highest BCUT2D eigenvalue weighted by molar-refractivity contribution is 5.49. The Morgan fingerprint density at radius 1 is 1.50 bits per heavy atom. The van der Waals surface area contributed by atoms with Crippen LogP contribution in [-0.2, 0) is 6.61 Å². The summed E-state index contributed by atoms with van der Waals surface area (Å²) < 4.78 is 8.02. The second-order valence-electron chi connectivity index (χ2n) is 3.93. The molecule has 3 heteroatoms. The fraction of sp³-hybridized carbons (Fsp3) is 0.538. The standard InChI is InChI=1S/C13H22N2O/c1-3-5-13(14)11-6-10(9-16)7-12(8-11)15-4-2/h6-8,13,15-16H,3-5,9,14H2,1-2H3/i6T. The number of hydrogen-bond donors (Lipinski definition) is 3. The first-order valence-electron chi connectivity index (χ1n) is 6.37. The van der Waals surface area contributed by atoms with Crippen LogP contribution in [0.3, 0.4) is 0 Å². The Morgan fingerprint density at radius 3 is 2.81 bits per heavy atom. The SMILES string of the molecule is [3H]c1c(CO)cc(NCC)cc1C(N)CCC. The summed E-state index contributed by atoms with van der Waals surface area (Å²) in [6, 6.07) is 3.98. The molecule has 1 rings (SSSR count). The first-order chi connectivity index (χ1) is 8.13. The fourth-order valence-corrected chi connectivity index (χ4v) is 1.71. The van der Waals surface area contributed by atoms with E-state index in [1.165, 1.54) is 0 Å². The second kappa shape index (κ2) is 6.51. The van der Waals surface area contributed by atoms with Gasteiger partial charge >= 0.3 is 0 Å². The normalized spacial score (nSPS) is 13.4. The topological polar surface area (TPSA) is 58.3 Å². The van der Waals surface area contributed by atoms with Crippen LogP contribution in [0.2, 0.25) is 0 Å². The minimum atomic E-state index is -0.128. The first-order valence-corrected chi connectivity index (χ1v) is 5.87. The van der Waals surface area contributed by atoms with Crippen LogP contribution in [0.1, 0.15) is 45.2 Å². The summed E-state index contributed by atoms with van der Waals surface area (Å²) in [7, 11) is 0. The molecule has 0 aliphatic rings. The van der Waals surface area contributed by atoms with Gasteiger partial charge in [0, 0.05) is 18.3 Å². The molecule has 0 spiro atoms. The van der Waals surface area contributed by atoms with Crippen LogP contribution in [0.15, 0.2) is 18.2 Å². The number of aliphatic hydroxyl groups is 1. The Morgan fingerprint density at radius 2 is 2.25 bits per heavy atom. The van der Waals surface area contributed by atoms with Gasteiger partial charge in [0.05, 0.1) is 7.98 Å². The Labute approximate surface area is 99.1 Å². The molecule has 3 nitrogen and oxygen atoms in total. The van der Waals surface area contributed by atoms with Gasteiger partial charge in [0.15, 0.2) is 0 Å². The lowest BCUT2D eigenvalue weighted by atomic mass is 10.00. The summed E-state index contributed by atoms with van der Waals surface area (Å²) in [4.78, 5) is 0. The molecule has 0 fully saturated rings. The van der Waals surface area contributed by atoms with Crippen molar-refractivity contribution in [3.8, 4) is 0 Å². The Hall–Kier alpha value is -1.06. The smallest absolute Gasteiger partial charge is 0.0682 e. The molecule has 1 aromatic carbocycles. The summed E-state index contributed by atoms with van der Waals surface area (Å²) in [6.45, 7) is 4.78. The second-order valence-corrected chi connectivity index (χ2v) is 3.93. The number of aliphatic hydroxyl groups excluding tert-OH is 1. The average Bonchev–Trinajstić information content (AvgIpc) is 2.31. The monoisotopic (exact) mass is 224 g/mol. The molecule has 16 heavy (non-hydrogen) atoms. The van der Waals surface area contributed by atoms with Gasteiger partial charge in [-0.2, -0.15) is 0 Å². The molecular formula is C13H22N2O. The molecule has 0 radical (unpaired) electrons. The van der Waals surface area contributed by atoms with Crippen molar-refractivity contribution >= 4 is 5.69 Å². The molecule has 1 unspecified atom stereocenters. The van der Waals surface area contributed by atoms with E-state index >= 15 is 0 Å². The van der Waals surface area contributed by atoms with Gasteiger partial charge in [0.25, 0.3) is 0 Å². The van der Waals surface area contributed by atoms with Crippen LogP contribution < -0.4 is 11.1 Å². The minimum Gasteiger partial charge on any atom is -0.392 e. The number of benzene rings is 1. The third-order valence-electron chi connectivity index (χ3n) is 2.50. The molecule has 1 atom stereocenters. The third kappa shape index (κ3) is 3.51. The number of hydrogen-bond acceptors (Lipinski definition) is 3. The molecule has 90 valence electrons. The van der Waals surface area contributed by atoms with Crippen molar-refractivity contribution in [2.24, 2.45) is 5.73 Å². The van der Waals surface area contributed by atoms with E-state index < -0.39 is 0 Å². The van der Waals surface area contributed by atoms with E-state index in [0.29, 0.717) is 11.6 Å². The highest BCUT2D eigenvalue weighted by Crippen LogP contribution is 2.22. The molecule has 0 aliphatic heterocycles. The molecule has 0 bridgehead atoms. The van der Waals surface area contributed by atoms with Gasteiger partial charge < -0.3 is 16.2 Å². The number of nitrogens with one attached hydrogen (secondary N) is 1. The van der Waals surface area contributed by atoms with Gasteiger partial charge in [-0.05, 0) is 36.6 Å². The van der Waals surface area contributed by atoms with E-state index in [-0.39, 0.29) is 12.6 Å². The molecule has 1 aromatic rings. The summed E-state index contributed by atoms with van der Waals surface area (Å²) in [6.07, 6.45) is 1.84. The van der Waals surface area contributed by atoms with Crippen molar-refractivity contribution in [1.82, 2.24) is 0 Å². The van der Waals surface area contributed by atoms with Crippen molar-refractivity contribution in [2.75, 3.05) is 11.9 Å². The van der Waals surface area contributed by atoms with Gasteiger partial charge in [-0.25, -0.2) is 0 Å². The van der Waals surface area contributed by atoms with Gasteiger partial charge in [0.2, 0.25) is 0 Å². The molecule has 0 aliphatic carbocycles. The van der Waals surface area contributed by atoms with E-state index in [9.17, 15) is 5.11 Å². The predicted octanol–water partition coefficient (Wildman–Crippen LogP) is 2.41. The van der Waals surface area contributed by atoms with Crippen LogP contribution in [-0.4, -0.2) is 11.7 Å². The van der Waals surface area contributed by atoms with E-state index in [4.69, 9.17) is 7.10 Å². The van der Waals surface area contributed by atoms with Crippen molar-refractivity contribution in [2.45, 2.75) is 39.3 Å². The zero-order valence-corrected chi connectivity index (χ0v) is 10.1. The summed E-state index contributed by atoms with van der Waals surface area (Å²) >= 11 is 0.